The lowest BCUT2D eigenvalue weighted by molar-refractivity contribution is 0.139. The number of aromatic nitrogens is 3. The minimum atomic E-state index is 0.0705. The van der Waals surface area contributed by atoms with Crippen LogP contribution in [0.5, 0.6) is 5.88 Å². The van der Waals surface area contributed by atoms with Gasteiger partial charge in [-0.1, -0.05) is 5.16 Å². The number of piperazine rings is 1. The van der Waals surface area contributed by atoms with Crippen molar-refractivity contribution in [2.45, 2.75) is 26.0 Å². The molecule has 152 valence electrons. The molecule has 2 aromatic heterocycles. The van der Waals surface area contributed by atoms with Gasteiger partial charge in [0.2, 0.25) is 5.88 Å². The first kappa shape index (κ1) is 18.3. The maximum atomic E-state index is 6.10. The van der Waals surface area contributed by atoms with Crippen molar-refractivity contribution < 1.29 is 14.0 Å². The van der Waals surface area contributed by atoms with Gasteiger partial charge < -0.3 is 18.9 Å². The molecule has 0 aliphatic carbocycles. The molecule has 0 amide bonds. The lowest BCUT2D eigenvalue weighted by Gasteiger charge is -2.36. The standard InChI is InChI=1S/C21H25N5O3/c1-15-16(11-24-29-15)12-25-5-7-26(8-6-25)17-2-3-20-19(10-17)21(23-14-22-20)28-18-4-9-27-13-18/h2-3,10-11,14,18H,4-9,12-13H2,1H3. The van der Waals surface area contributed by atoms with Gasteiger partial charge in [0, 0.05) is 50.4 Å². The molecule has 2 aliphatic heterocycles. The Balaban J connectivity index is 1.29. The molecule has 5 rings (SSSR count). The number of fused-ring (bicyclic) bond motifs is 1. The topological polar surface area (TPSA) is 76.8 Å². The van der Waals surface area contributed by atoms with Gasteiger partial charge in [-0.2, -0.15) is 0 Å². The van der Waals surface area contributed by atoms with Gasteiger partial charge in [-0.05, 0) is 25.1 Å². The molecule has 0 radical (unpaired) electrons. The molecule has 1 unspecified atom stereocenters. The third-order valence-corrected chi connectivity index (χ3v) is 5.73. The Bertz CT molecular complexity index is 977. The van der Waals surface area contributed by atoms with Crippen LogP contribution in [0.25, 0.3) is 10.9 Å². The largest absolute Gasteiger partial charge is 0.471 e. The van der Waals surface area contributed by atoms with E-state index in [4.69, 9.17) is 14.0 Å². The molecule has 1 aromatic carbocycles. The van der Waals surface area contributed by atoms with E-state index in [1.165, 1.54) is 11.3 Å². The van der Waals surface area contributed by atoms with Crippen molar-refractivity contribution in [3.05, 3.63) is 42.0 Å². The van der Waals surface area contributed by atoms with Gasteiger partial charge in [0.1, 0.15) is 18.2 Å². The quantitative estimate of drug-likeness (QED) is 0.652. The molecule has 0 saturated carbocycles. The number of hydrogen-bond donors (Lipinski definition) is 0. The lowest BCUT2D eigenvalue weighted by atomic mass is 10.1. The van der Waals surface area contributed by atoms with Crippen molar-refractivity contribution in [1.82, 2.24) is 20.0 Å². The third kappa shape index (κ3) is 3.90. The molecule has 8 nitrogen and oxygen atoms in total. The highest BCUT2D eigenvalue weighted by molar-refractivity contribution is 5.86. The van der Waals surface area contributed by atoms with Crippen LogP contribution in [0.2, 0.25) is 0 Å². The third-order valence-electron chi connectivity index (χ3n) is 5.73. The van der Waals surface area contributed by atoms with Gasteiger partial charge in [0.25, 0.3) is 0 Å². The van der Waals surface area contributed by atoms with Crippen molar-refractivity contribution in [3.63, 3.8) is 0 Å². The molecule has 2 aliphatic rings. The highest BCUT2D eigenvalue weighted by Gasteiger charge is 2.21. The van der Waals surface area contributed by atoms with E-state index in [0.717, 1.165) is 62.4 Å². The van der Waals surface area contributed by atoms with Crippen LogP contribution < -0.4 is 9.64 Å². The number of nitrogens with zero attached hydrogens (tertiary/aromatic N) is 5. The zero-order chi connectivity index (χ0) is 19.6. The van der Waals surface area contributed by atoms with Crippen molar-refractivity contribution in [2.24, 2.45) is 0 Å². The van der Waals surface area contributed by atoms with Crippen molar-refractivity contribution >= 4 is 16.6 Å². The summed E-state index contributed by atoms with van der Waals surface area (Å²) in [7, 11) is 0. The van der Waals surface area contributed by atoms with Gasteiger partial charge in [0.05, 0.1) is 30.3 Å². The van der Waals surface area contributed by atoms with Gasteiger partial charge in [-0.3, -0.25) is 4.90 Å². The molecule has 4 heterocycles. The molecule has 0 N–H and O–H groups in total. The summed E-state index contributed by atoms with van der Waals surface area (Å²) in [6.07, 6.45) is 4.36. The van der Waals surface area contributed by atoms with E-state index in [1.54, 1.807) is 6.33 Å². The summed E-state index contributed by atoms with van der Waals surface area (Å²) in [6.45, 7) is 8.15. The molecule has 1 atom stereocenters. The Morgan fingerprint density at radius 2 is 2.07 bits per heavy atom. The normalized spacial score (nSPS) is 20.4. The van der Waals surface area contributed by atoms with Crippen LogP contribution in [0.1, 0.15) is 17.7 Å². The average Bonchev–Trinajstić information content (AvgIpc) is 3.41. The predicted octanol–water partition coefficient (Wildman–Crippen LogP) is 2.42. The highest BCUT2D eigenvalue weighted by atomic mass is 16.5. The van der Waals surface area contributed by atoms with Gasteiger partial charge in [0.15, 0.2) is 0 Å². The molecule has 0 spiro atoms. The number of hydrogen-bond acceptors (Lipinski definition) is 8. The number of rotatable bonds is 5. The molecule has 3 aromatic rings. The van der Waals surface area contributed by atoms with Crippen LogP contribution in [-0.2, 0) is 11.3 Å². The first-order valence-electron chi connectivity index (χ1n) is 10.1. The summed E-state index contributed by atoms with van der Waals surface area (Å²) in [5.41, 5.74) is 3.25. The second-order valence-corrected chi connectivity index (χ2v) is 7.65. The second kappa shape index (κ2) is 7.96. The molecule has 0 bridgehead atoms. The van der Waals surface area contributed by atoms with Crippen LogP contribution in [-0.4, -0.2) is 65.5 Å². The van der Waals surface area contributed by atoms with E-state index in [9.17, 15) is 0 Å². The van der Waals surface area contributed by atoms with Crippen LogP contribution in [0.3, 0.4) is 0 Å². The summed E-state index contributed by atoms with van der Waals surface area (Å²) >= 11 is 0. The lowest BCUT2D eigenvalue weighted by Crippen LogP contribution is -2.46. The molecule has 8 heteroatoms. The van der Waals surface area contributed by atoms with Crippen molar-refractivity contribution in [3.8, 4) is 5.88 Å². The zero-order valence-electron chi connectivity index (χ0n) is 16.6. The Morgan fingerprint density at radius 1 is 1.17 bits per heavy atom. The molecular formula is C21H25N5O3. The van der Waals surface area contributed by atoms with E-state index < -0.39 is 0 Å². The van der Waals surface area contributed by atoms with E-state index in [1.807, 2.05) is 13.1 Å². The number of anilines is 1. The maximum absolute atomic E-state index is 6.10. The minimum absolute atomic E-state index is 0.0705. The average molecular weight is 395 g/mol. The zero-order valence-corrected chi connectivity index (χ0v) is 16.6. The molecule has 2 fully saturated rings. The Hall–Kier alpha value is -2.71. The van der Waals surface area contributed by atoms with Crippen LogP contribution in [0.4, 0.5) is 5.69 Å². The van der Waals surface area contributed by atoms with Crippen molar-refractivity contribution in [1.29, 1.82) is 0 Å². The van der Waals surface area contributed by atoms with Crippen LogP contribution in [0, 0.1) is 6.92 Å². The molecular weight excluding hydrogens is 370 g/mol. The summed E-state index contributed by atoms with van der Waals surface area (Å²) in [5, 5.41) is 4.84. The Kier molecular flexibility index (Phi) is 5.03. The van der Waals surface area contributed by atoms with Gasteiger partial charge in [-0.15, -0.1) is 0 Å². The summed E-state index contributed by atoms with van der Waals surface area (Å²) in [5.74, 6) is 1.55. The minimum Gasteiger partial charge on any atom is -0.471 e. The summed E-state index contributed by atoms with van der Waals surface area (Å²) in [6, 6.07) is 6.34. The number of benzene rings is 1. The van der Waals surface area contributed by atoms with E-state index in [-0.39, 0.29) is 6.10 Å². The fraction of sp³-hybridized carbons (Fsp3) is 0.476. The first-order chi connectivity index (χ1) is 14.3. The SMILES string of the molecule is Cc1oncc1CN1CCN(c2ccc3ncnc(OC4CCOC4)c3c2)CC1. The number of ether oxygens (including phenoxy) is 2. The van der Waals surface area contributed by atoms with Crippen LogP contribution in [0.15, 0.2) is 35.2 Å². The van der Waals surface area contributed by atoms with Crippen LogP contribution >= 0.6 is 0 Å². The fourth-order valence-electron chi connectivity index (χ4n) is 3.95. The first-order valence-corrected chi connectivity index (χ1v) is 10.1. The van der Waals surface area contributed by atoms with E-state index in [2.05, 4.69) is 43.1 Å². The predicted molar refractivity (Wildman–Crippen MR) is 108 cm³/mol. The second-order valence-electron chi connectivity index (χ2n) is 7.65. The number of aryl methyl sites for hydroxylation is 1. The van der Waals surface area contributed by atoms with E-state index >= 15 is 0 Å². The highest BCUT2D eigenvalue weighted by Crippen LogP contribution is 2.29. The monoisotopic (exact) mass is 395 g/mol. The van der Waals surface area contributed by atoms with Gasteiger partial charge in [-0.25, -0.2) is 9.97 Å². The molecule has 2 saturated heterocycles. The Morgan fingerprint density at radius 3 is 2.83 bits per heavy atom. The van der Waals surface area contributed by atoms with Gasteiger partial charge >= 0.3 is 0 Å². The molecule has 29 heavy (non-hydrogen) atoms. The Labute approximate surface area is 169 Å². The maximum Gasteiger partial charge on any atom is 0.224 e. The smallest absolute Gasteiger partial charge is 0.224 e. The van der Waals surface area contributed by atoms with Crippen molar-refractivity contribution in [2.75, 3.05) is 44.3 Å². The summed E-state index contributed by atoms with van der Waals surface area (Å²) < 4.78 is 16.7. The summed E-state index contributed by atoms with van der Waals surface area (Å²) in [4.78, 5) is 13.6. The van der Waals surface area contributed by atoms with E-state index in [0.29, 0.717) is 12.5 Å². The fourth-order valence-corrected chi connectivity index (χ4v) is 3.95.